The molecule has 0 amide bonds. The summed E-state index contributed by atoms with van der Waals surface area (Å²) in [6, 6.07) is 8.42. The molecule has 0 spiro atoms. The summed E-state index contributed by atoms with van der Waals surface area (Å²) in [5.74, 6) is 1.02. The van der Waals surface area contributed by atoms with Gasteiger partial charge in [-0.25, -0.2) is 4.98 Å². The predicted octanol–water partition coefficient (Wildman–Crippen LogP) is 3.46. The third-order valence-corrected chi connectivity index (χ3v) is 3.70. The third kappa shape index (κ3) is 2.21. The maximum absolute atomic E-state index is 4.69. The Labute approximate surface area is 114 Å². The van der Waals surface area contributed by atoms with E-state index in [0.29, 0.717) is 0 Å². The quantitative estimate of drug-likeness (QED) is 0.806. The standard InChI is InChI=1S/C16H19N3/c1-12-8-9-13(2)19(12)16-14(6-5-11-18-16)15-7-3-4-10-17-15/h5-6,8-9,11H,3-4,7,10H2,1-2H3. The van der Waals surface area contributed by atoms with E-state index < -0.39 is 0 Å². The number of hydrogen-bond donors (Lipinski definition) is 0. The van der Waals surface area contributed by atoms with Crippen LogP contribution in [0.1, 0.15) is 36.2 Å². The van der Waals surface area contributed by atoms with Gasteiger partial charge in [0.2, 0.25) is 0 Å². The first-order chi connectivity index (χ1) is 9.27. The van der Waals surface area contributed by atoms with E-state index >= 15 is 0 Å². The van der Waals surface area contributed by atoms with Crippen molar-refractivity contribution in [2.75, 3.05) is 6.54 Å². The summed E-state index contributed by atoms with van der Waals surface area (Å²) in [4.78, 5) is 9.29. The maximum atomic E-state index is 4.69. The van der Waals surface area contributed by atoms with Crippen molar-refractivity contribution in [3.63, 3.8) is 0 Å². The van der Waals surface area contributed by atoms with E-state index in [2.05, 4.69) is 41.6 Å². The molecule has 1 aliphatic rings. The average molecular weight is 253 g/mol. The summed E-state index contributed by atoms with van der Waals surface area (Å²) < 4.78 is 2.21. The fraction of sp³-hybridized carbons (Fsp3) is 0.375. The van der Waals surface area contributed by atoms with Gasteiger partial charge in [0, 0.05) is 35.4 Å². The first kappa shape index (κ1) is 12.2. The van der Waals surface area contributed by atoms with Gasteiger partial charge in [0.1, 0.15) is 5.82 Å². The molecule has 3 heterocycles. The zero-order chi connectivity index (χ0) is 13.2. The normalized spacial score (nSPS) is 15.4. The van der Waals surface area contributed by atoms with Crippen LogP contribution in [0.4, 0.5) is 0 Å². The molecule has 0 radical (unpaired) electrons. The van der Waals surface area contributed by atoms with Crippen molar-refractivity contribution < 1.29 is 0 Å². The molecule has 0 fully saturated rings. The number of aliphatic imine (C=N–C) groups is 1. The number of aryl methyl sites for hydroxylation is 2. The Morgan fingerprint density at radius 2 is 1.84 bits per heavy atom. The fourth-order valence-corrected chi connectivity index (χ4v) is 2.72. The molecule has 0 atom stereocenters. The van der Waals surface area contributed by atoms with Crippen LogP contribution in [0.15, 0.2) is 35.5 Å². The van der Waals surface area contributed by atoms with Gasteiger partial charge in [-0.05, 0) is 57.4 Å². The fourth-order valence-electron chi connectivity index (χ4n) is 2.72. The minimum Gasteiger partial charge on any atom is -0.303 e. The van der Waals surface area contributed by atoms with E-state index in [-0.39, 0.29) is 0 Å². The summed E-state index contributed by atoms with van der Waals surface area (Å²) in [6.07, 6.45) is 5.37. The van der Waals surface area contributed by atoms with Gasteiger partial charge in [0.25, 0.3) is 0 Å². The van der Waals surface area contributed by atoms with E-state index in [0.717, 1.165) is 18.8 Å². The molecule has 0 aliphatic carbocycles. The van der Waals surface area contributed by atoms with E-state index in [9.17, 15) is 0 Å². The molecule has 0 N–H and O–H groups in total. The van der Waals surface area contributed by atoms with Crippen molar-refractivity contribution in [3.05, 3.63) is 47.4 Å². The summed E-state index contributed by atoms with van der Waals surface area (Å²) in [6.45, 7) is 5.19. The van der Waals surface area contributed by atoms with Crippen molar-refractivity contribution in [2.45, 2.75) is 33.1 Å². The number of hydrogen-bond acceptors (Lipinski definition) is 2. The Kier molecular flexibility index (Phi) is 3.20. The molecular weight excluding hydrogens is 234 g/mol. The Morgan fingerprint density at radius 3 is 2.53 bits per heavy atom. The molecule has 98 valence electrons. The lowest BCUT2D eigenvalue weighted by Crippen LogP contribution is -2.13. The first-order valence-corrected chi connectivity index (χ1v) is 6.91. The Hall–Kier alpha value is -1.90. The van der Waals surface area contributed by atoms with Crippen LogP contribution in [0.5, 0.6) is 0 Å². The van der Waals surface area contributed by atoms with E-state index in [1.165, 1.54) is 35.5 Å². The van der Waals surface area contributed by atoms with Crippen LogP contribution in [-0.4, -0.2) is 21.8 Å². The smallest absolute Gasteiger partial charge is 0.146 e. The second-order valence-corrected chi connectivity index (χ2v) is 5.11. The molecule has 0 unspecified atom stereocenters. The highest BCUT2D eigenvalue weighted by Gasteiger charge is 2.15. The second kappa shape index (κ2) is 5.00. The third-order valence-electron chi connectivity index (χ3n) is 3.70. The second-order valence-electron chi connectivity index (χ2n) is 5.11. The average Bonchev–Trinajstić information content (AvgIpc) is 2.79. The highest BCUT2D eigenvalue weighted by molar-refractivity contribution is 6.03. The van der Waals surface area contributed by atoms with Crippen LogP contribution in [-0.2, 0) is 0 Å². The molecule has 3 nitrogen and oxygen atoms in total. The largest absolute Gasteiger partial charge is 0.303 e. The van der Waals surface area contributed by atoms with Crippen molar-refractivity contribution in [1.29, 1.82) is 0 Å². The molecule has 2 aromatic rings. The number of pyridine rings is 1. The highest BCUT2D eigenvalue weighted by Crippen LogP contribution is 2.22. The van der Waals surface area contributed by atoms with Gasteiger partial charge >= 0.3 is 0 Å². The number of aromatic nitrogens is 2. The molecule has 0 bridgehead atoms. The van der Waals surface area contributed by atoms with Crippen LogP contribution >= 0.6 is 0 Å². The maximum Gasteiger partial charge on any atom is 0.146 e. The molecule has 0 saturated heterocycles. The summed E-state index contributed by atoms with van der Waals surface area (Å²) >= 11 is 0. The number of rotatable bonds is 2. The molecule has 2 aromatic heterocycles. The summed E-state index contributed by atoms with van der Waals surface area (Å²) in [5.41, 5.74) is 4.83. The van der Waals surface area contributed by atoms with Crippen molar-refractivity contribution in [2.24, 2.45) is 4.99 Å². The Bertz CT molecular complexity index is 603. The molecule has 3 heteroatoms. The molecule has 19 heavy (non-hydrogen) atoms. The van der Waals surface area contributed by atoms with Gasteiger partial charge in [-0.15, -0.1) is 0 Å². The lowest BCUT2D eigenvalue weighted by atomic mass is 10.0. The summed E-state index contributed by atoms with van der Waals surface area (Å²) in [5, 5.41) is 0. The zero-order valence-corrected chi connectivity index (χ0v) is 11.6. The van der Waals surface area contributed by atoms with E-state index in [4.69, 9.17) is 4.99 Å². The van der Waals surface area contributed by atoms with Crippen molar-refractivity contribution >= 4 is 5.71 Å². The minimum atomic E-state index is 0.952. The van der Waals surface area contributed by atoms with Crippen LogP contribution in [0, 0.1) is 13.8 Å². The zero-order valence-electron chi connectivity index (χ0n) is 11.6. The van der Waals surface area contributed by atoms with Gasteiger partial charge in [-0.1, -0.05) is 0 Å². The molecule has 1 aliphatic heterocycles. The van der Waals surface area contributed by atoms with Crippen LogP contribution in [0.25, 0.3) is 5.82 Å². The van der Waals surface area contributed by atoms with Crippen molar-refractivity contribution in [3.8, 4) is 5.82 Å². The molecule has 0 saturated carbocycles. The van der Waals surface area contributed by atoms with Crippen molar-refractivity contribution in [1.82, 2.24) is 9.55 Å². The molecular formula is C16H19N3. The van der Waals surface area contributed by atoms with Crippen LogP contribution in [0.2, 0.25) is 0 Å². The Morgan fingerprint density at radius 1 is 1.05 bits per heavy atom. The van der Waals surface area contributed by atoms with Gasteiger partial charge in [-0.2, -0.15) is 0 Å². The first-order valence-electron chi connectivity index (χ1n) is 6.91. The van der Waals surface area contributed by atoms with E-state index in [1.54, 1.807) is 0 Å². The van der Waals surface area contributed by atoms with Gasteiger partial charge < -0.3 is 4.57 Å². The predicted molar refractivity (Wildman–Crippen MR) is 78.3 cm³/mol. The van der Waals surface area contributed by atoms with Gasteiger partial charge in [0.05, 0.1) is 0 Å². The van der Waals surface area contributed by atoms with Crippen LogP contribution in [0.3, 0.4) is 0 Å². The van der Waals surface area contributed by atoms with Crippen LogP contribution < -0.4 is 0 Å². The molecule has 3 rings (SSSR count). The lowest BCUT2D eigenvalue weighted by molar-refractivity contribution is 0.737. The van der Waals surface area contributed by atoms with Gasteiger partial charge in [-0.3, -0.25) is 4.99 Å². The Balaban J connectivity index is 2.15. The topological polar surface area (TPSA) is 30.2 Å². The van der Waals surface area contributed by atoms with Gasteiger partial charge in [0.15, 0.2) is 0 Å². The SMILES string of the molecule is Cc1ccc(C)n1-c1ncccc1C1=NCCCC1. The monoisotopic (exact) mass is 253 g/mol. The number of nitrogens with zero attached hydrogens (tertiary/aromatic N) is 3. The molecule has 0 aromatic carbocycles. The lowest BCUT2D eigenvalue weighted by Gasteiger charge is -2.17. The van der Waals surface area contributed by atoms with E-state index in [1.807, 2.05) is 12.3 Å². The highest BCUT2D eigenvalue weighted by atomic mass is 15.1. The summed E-state index contributed by atoms with van der Waals surface area (Å²) in [7, 11) is 0. The minimum absolute atomic E-state index is 0.952.